The maximum Gasteiger partial charge on any atom is 0.239 e. The first-order valence-corrected chi connectivity index (χ1v) is 6.29. The second kappa shape index (κ2) is 9.34. The molecule has 0 bridgehead atoms. The summed E-state index contributed by atoms with van der Waals surface area (Å²) in [6.45, 7) is 0.376. The predicted octanol–water partition coefficient (Wildman–Crippen LogP) is 0.573. The zero-order valence-electron chi connectivity index (χ0n) is 11.8. The van der Waals surface area contributed by atoms with Crippen LogP contribution in [0.15, 0.2) is 30.3 Å². The fraction of sp³-hybridized carbons (Fsp3) is 0.429. The smallest absolute Gasteiger partial charge is 0.239 e. The van der Waals surface area contributed by atoms with Crippen LogP contribution in [0.2, 0.25) is 0 Å². The molecule has 112 valence electrons. The summed E-state index contributed by atoms with van der Waals surface area (Å²) >= 11 is 0. The van der Waals surface area contributed by atoms with Crippen LogP contribution in [-0.2, 0) is 16.0 Å². The Morgan fingerprint density at radius 3 is 2.45 bits per heavy atom. The van der Waals surface area contributed by atoms with Gasteiger partial charge >= 0.3 is 0 Å². The minimum Gasteiger partial charge on any atom is -0.359 e. The summed E-state index contributed by atoms with van der Waals surface area (Å²) in [5.74, 6) is -0.232. The molecule has 0 saturated carbocycles. The van der Waals surface area contributed by atoms with Gasteiger partial charge in [-0.1, -0.05) is 30.3 Å². The molecule has 6 heteroatoms. The second-order valence-corrected chi connectivity index (χ2v) is 4.48. The lowest BCUT2D eigenvalue weighted by atomic mass is 10.1. The lowest BCUT2D eigenvalue weighted by Gasteiger charge is -2.21. The Balaban J connectivity index is 0.00000361. The molecule has 0 heterocycles. The Morgan fingerprint density at radius 2 is 1.90 bits per heavy atom. The van der Waals surface area contributed by atoms with Gasteiger partial charge in [0.2, 0.25) is 11.8 Å². The first-order valence-electron chi connectivity index (χ1n) is 6.29. The monoisotopic (exact) mass is 299 g/mol. The maximum absolute atomic E-state index is 12.0. The molecule has 0 aliphatic heterocycles. The fourth-order valence-corrected chi connectivity index (χ4v) is 1.74. The normalized spacial score (nSPS) is 11.2. The van der Waals surface area contributed by atoms with Gasteiger partial charge in [0.1, 0.15) is 0 Å². The number of nitrogens with zero attached hydrogens (tertiary/aromatic N) is 1. The summed E-state index contributed by atoms with van der Waals surface area (Å²) < 4.78 is 0. The van der Waals surface area contributed by atoms with Gasteiger partial charge in [0, 0.05) is 27.1 Å². The Morgan fingerprint density at radius 1 is 1.30 bits per heavy atom. The number of amides is 2. The van der Waals surface area contributed by atoms with E-state index in [-0.39, 0.29) is 30.6 Å². The second-order valence-electron chi connectivity index (χ2n) is 4.48. The Bertz CT molecular complexity index is 426. The summed E-state index contributed by atoms with van der Waals surface area (Å²) in [7, 11) is 3.24. The van der Waals surface area contributed by atoms with E-state index in [9.17, 15) is 9.59 Å². The summed E-state index contributed by atoms with van der Waals surface area (Å²) in [6.07, 6.45) is 0.792. The SMILES string of the molecule is CNC(=O)CCN(C)C(=O)[C@@H](N)Cc1ccccc1.Cl. The van der Waals surface area contributed by atoms with Crippen molar-refractivity contribution in [2.75, 3.05) is 20.6 Å². The van der Waals surface area contributed by atoms with Gasteiger partial charge in [0.05, 0.1) is 6.04 Å². The Hall–Kier alpha value is -1.59. The van der Waals surface area contributed by atoms with E-state index in [1.54, 1.807) is 14.1 Å². The standard InChI is InChI=1S/C14H21N3O2.ClH/c1-16-13(18)8-9-17(2)14(19)12(15)10-11-6-4-3-5-7-11;/h3-7,12H,8-10,15H2,1-2H3,(H,16,18);1H/t12-;/m0./s1. The molecular formula is C14H22ClN3O2. The average Bonchev–Trinajstić information content (AvgIpc) is 2.44. The Kier molecular flexibility index (Phi) is 8.59. The van der Waals surface area contributed by atoms with Gasteiger partial charge in [0.25, 0.3) is 0 Å². The lowest BCUT2D eigenvalue weighted by molar-refractivity contribution is -0.131. The van der Waals surface area contributed by atoms with E-state index in [0.717, 1.165) is 5.56 Å². The summed E-state index contributed by atoms with van der Waals surface area (Å²) in [5.41, 5.74) is 6.93. The van der Waals surface area contributed by atoms with E-state index in [4.69, 9.17) is 5.73 Å². The molecule has 0 fully saturated rings. The van der Waals surface area contributed by atoms with E-state index in [1.165, 1.54) is 4.90 Å². The number of rotatable bonds is 6. The van der Waals surface area contributed by atoms with Gasteiger partial charge < -0.3 is 16.0 Å². The maximum atomic E-state index is 12.0. The molecule has 0 aliphatic carbocycles. The zero-order chi connectivity index (χ0) is 14.3. The number of carbonyl (C=O) groups is 2. The zero-order valence-corrected chi connectivity index (χ0v) is 12.7. The number of hydrogen-bond donors (Lipinski definition) is 2. The van der Waals surface area contributed by atoms with E-state index in [1.807, 2.05) is 30.3 Å². The molecule has 0 aliphatic rings. The van der Waals surface area contributed by atoms with Gasteiger partial charge in [-0.2, -0.15) is 0 Å². The van der Waals surface area contributed by atoms with Crippen molar-refractivity contribution in [3.05, 3.63) is 35.9 Å². The van der Waals surface area contributed by atoms with Crippen molar-refractivity contribution in [3.8, 4) is 0 Å². The van der Waals surface area contributed by atoms with Crippen LogP contribution in [0.3, 0.4) is 0 Å². The Labute approximate surface area is 125 Å². The van der Waals surface area contributed by atoms with Gasteiger partial charge in [-0.15, -0.1) is 12.4 Å². The van der Waals surface area contributed by atoms with E-state index in [0.29, 0.717) is 13.0 Å². The van der Waals surface area contributed by atoms with Gasteiger partial charge in [-0.3, -0.25) is 9.59 Å². The molecule has 5 nitrogen and oxygen atoms in total. The van der Waals surface area contributed by atoms with Crippen LogP contribution in [0, 0.1) is 0 Å². The average molecular weight is 300 g/mol. The number of likely N-dealkylation sites (N-methyl/N-ethyl adjacent to an activating group) is 1. The third-order valence-electron chi connectivity index (χ3n) is 2.94. The number of nitrogens with two attached hydrogens (primary N) is 1. The highest BCUT2D eigenvalue weighted by Gasteiger charge is 2.18. The topological polar surface area (TPSA) is 75.4 Å². The van der Waals surface area contributed by atoms with Crippen LogP contribution in [0.5, 0.6) is 0 Å². The van der Waals surface area contributed by atoms with Gasteiger partial charge in [-0.05, 0) is 12.0 Å². The van der Waals surface area contributed by atoms with Crippen molar-refractivity contribution in [2.24, 2.45) is 5.73 Å². The molecular weight excluding hydrogens is 278 g/mol. The van der Waals surface area contributed by atoms with Crippen molar-refractivity contribution in [1.82, 2.24) is 10.2 Å². The fourth-order valence-electron chi connectivity index (χ4n) is 1.74. The molecule has 1 rings (SSSR count). The number of halogens is 1. The van der Waals surface area contributed by atoms with Crippen LogP contribution in [0.25, 0.3) is 0 Å². The number of hydrogen-bond acceptors (Lipinski definition) is 3. The predicted molar refractivity (Wildman–Crippen MR) is 81.7 cm³/mol. The van der Waals surface area contributed by atoms with Crippen LogP contribution in [0.4, 0.5) is 0 Å². The molecule has 3 N–H and O–H groups in total. The molecule has 2 amide bonds. The number of nitrogens with one attached hydrogen (secondary N) is 1. The van der Waals surface area contributed by atoms with Crippen molar-refractivity contribution in [1.29, 1.82) is 0 Å². The van der Waals surface area contributed by atoms with Gasteiger partial charge in [0.15, 0.2) is 0 Å². The molecule has 20 heavy (non-hydrogen) atoms. The van der Waals surface area contributed by atoms with Crippen molar-refractivity contribution >= 4 is 24.2 Å². The summed E-state index contributed by atoms with van der Waals surface area (Å²) in [6, 6.07) is 9.07. The summed E-state index contributed by atoms with van der Waals surface area (Å²) in [4.78, 5) is 24.6. The first kappa shape index (κ1) is 18.4. The van der Waals surface area contributed by atoms with Crippen LogP contribution in [-0.4, -0.2) is 43.4 Å². The molecule has 1 atom stereocenters. The van der Waals surface area contributed by atoms with Crippen LogP contribution in [0.1, 0.15) is 12.0 Å². The van der Waals surface area contributed by atoms with Crippen molar-refractivity contribution in [2.45, 2.75) is 18.9 Å². The molecule has 0 saturated heterocycles. The van der Waals surface area contributed by atoms with Gasteiger partial charge in [-0.25, -0.2) is 0 Å². The van der Waals surface area contributed by atoms with E-state index in [2.05, 4.69) is 5.32 Å². The first-order chi connectivity index (χ1) is 9.04. The quantitative estimate of drug-likeness (QED) is 0.806. The highest BCUT2D eigenvalue weighted by atomic mass is 35.5. The molecule has 0 radical (unpaired) electrons. The third-order valence-corrected chi connectivity index (χ3v) is 2.94. The molecule has 1 aromatic rings. The highest BCUT2D eigenvalue weighted by Crippen LogP contribution is 2.04. The largest absolute Gasteiger partial charge is 0.359 e. The molecule has 0 aromatic heterocycles. The minimum absolute atomic E-state index is 0. The number of benzene rings is 1. The molecule has 1 aromatic carbocycles. The van der Waals surface area contributed by atoms with Crippen molar-refractivity contribution in [3.63, 3.8) is 0 Å². The molecule has 0 unspecified atom stereocenters. The third kappa shape index (κ3) is 6.04. The summed E-state index contributed by atoms with van der Waals surface area (Å²) in [5, 5.41) is 2.52. The van der Waals surface area contributed by atoms with Crippen molar-refractivity contribution < 1.29 is 9.59 Å². The number of carbonyl (C=O) groups excluding carboxylic acids is 2. The van der Waals surface area contributed by atoms with E-state index < -0.39 is 6.04 Å². The van der Waals surface area contributed by atoms with Crippen LogP contribution < -0.4 is 11.1 Å². The highest BCUT2D eigenvalue weighted by molar-refractivity contribution is 5.85. The van der Waals surface area contributed by atoms with Crippen LogP contribution >= 0.6 is 12.4 Å². The van der Waals surface area contributed by atoms with E-state index >= 15 is 0 Å². The minimum atomic E-state index is -0.572. The molecule has 0 spiro atoms. The lowest BCUT2D eigenvalue weighted by Crippen LogP contribution is -2.44.